The van der Waals surface area contributed by atoms with Crippen molar-refractivity contribution in [3.05, 3.63) is 23.8 Å². The summed E-state index contributed by atoms with van der Waals surface area (Å²) in [5, 5.41) is 0. The molecule has 1 atom stereocenters. The average molecular weight is 434 g/mol. The van der Waals surface area contributed by atoms with E-state index in [1.54, 1.807) is 32.3 Å². The van der Waals surface area contributed by atoms with Crippen LogP contribution in [0.5, 0.6) is 0 Å². The summed E-state index contributed by atoms with van der Waals surface area (Å²) in [6, 6.07) is 4.71. The van der Waals surface area contributed by atoms with Crippen molar-refractivity contribution in [2.75, 3.05) is 31.1 Å². The summed E-state index contributed by atoms with van der Waals surface area (Å²) in [4.78, 5) is 29.6. The molecule has 1 aromatic rings. The first-order valence-corrected chi connectivity index (χ1v) is 12.5. The average Bonchev–Trinajstić information content (AvgIpc) is 3.40. The Morgan fingerprint density at radius 3 is 2.43 bits per heavy atom. The van der Waals surface area contributed by atoms with E-state index >= 15 is 0 Å². The van der Waals surface area contributed by atoms with Crippen LogP contribution in [-0.2, 0) is 26.0 Å². The standard InChI is InChI=1S/C22H31N3O4S/c1-16(2)21(26)24-13-6-7-20(24)22(27)25-14-10-17-15-18(8-9-19(17)25)30(28,29)23-11-4-3-5-12-23/h8-9,15-16,20H,3-7,10-14H2,1-2H3. The molecule has 3 aliphatic heterocycles. The monoisotopic (exact) mass is 433 g/mol. The van der Waals surface area contributed by atoms with Crippen molar-refractivity contribution >= 4 is 27.5 Å². The van der Waals surface area contributed by atoms with Gasteiger partial charge in [-0.15, -0.1) is 0 Å². The fourth-order valence-corrected chi connectivity index (χ4v) is 6.39. The van der Waals surface area contributed by atoms with Crippen LogP contribution in [0, 0.1) is 5.92 Å². The number of carbonyl (C=O) groups excluding carboxylic acids is 2. The van der Waals surface area contributed by atoms with Crippen LogP contribution < -0.4 is 4.90 Å². The number of piperidine rings is 1. The highest BCUT2D eigenvalue weighted by Crippen LogP contribution is 2.34. The maximum atomic E-state index is 13.3. The predicted octanol–water partition coefficient (Wildman–Crippen LogP) is 2.40. The van der Waals surface area contributed by atoms with Crippen LogP contribution in [0.2, 0.25) is 0 Å². The van der Waals surface area contributed by atoms with E-state index < -0.39 is 16.1 Å². The molecule has 0 N–H and O–H groups in total. The van der Waals surface area contributed by atoms with Crippen molar-refractivity contribution in [2.24, 2.45) is 5.92 Å². The van der Waals surface area contributed by atoms with Crippen LogP contribution in [0.3, 0.4) is 0 Å². The number of hydrogen-bond acceptors (Lipinski definition) is 4. The number of rotatable bonds is 4. The molecule has 1 aromatic carbocycles. The Morgan fingerprint density at radius 2 is 1.73 bits per heavy atom. The van der Waals surface area contributed by atoms with Crippen molar-refractivity contribution in [2.45, 2.75) is 63.3 Å². The van der Waals surface area contributed by atoms with E-state index in [9.17, 15) is 18.0 Å². The molecule has 2 saturated heterocycles. The zero-order valence-electron chi connectivity index (χ0n) is 17.8. The highest BCUT2D eigenvalue weighted by atomic mass is 32.2. The minimum Gasteiger partial charge on any atom is -0.330 e. The Bertz CT molecular complexity index is 938. The van der Waals surface area contributed by atoms with Crippen molar-refractivity contribution < 1.29 is 18.0 Å². The normalized spacial score (nSPS) is 22.6. The Morgan fingerprint density at radius 1 is 1.00 bits per heavy atom. The summed E-state index contributed by atoms with van der Waals surface area (Å²) < 4.78 is 27.6. The third-order valence-electron chi connectivity index (χ3n) is 6.48. The topological polar surface area (TPSA) is 78.0 Å². The molecule has 2 fully saturated rings. The van der Waals surface area contributed by atoms with Gasteiger partial charge in [-0.3, -0.25) is 9.59 Å². The van der Waals surface area contributed by atoms with E-state index in [2.05, 4.69) is 0 Å². The van der Waals surface area contributed by atoms with Gasteiger partial charge >= 0.3 is 0 Å². The number of nitrogens with zero attached hydrogens (tertiary/aromatic N) is 3. The molecular weight excluding hydrogens is 402 g/mol. The molecule has 1 unspecified atom stereocenters. The zero-order chi connectivity index (χ0) is 21.5. The summed E-state index contributed by atoms with van der Waals surface area (Å²) in [7, 11) is -3.49. The second kappa shape index (κ2) is 8.30. The minimum atomic E-state index is -3.49. The van der Waals surface area contributed by atoms with E-state index in [0.717, 1.165) is 36.9 Å². The fourth-order valence-electron chi connectivity index (χ4n) is 4.82. The quantitative estimate of drug-likeness (QED) is 0.731. The van der Waals surface area contributed by atoms with Gasteiger partial charge in [-0.2, -0.15) is 4.31 Å². The van der Waals surface area contributed by atoms with Gasteiger partial charge < -0.3 is 9.80 Å². The molecule has 2 amide bonds. The lowest BCUT2D eigenvalue weighted by molar-refractivity contribution is -0.139. The second-order valence-corrected chi connectivity index (χ2v) is 10.8. The van der Waals surface area contributed by atoms with E-state index in [-0.39, 0.29) is 17.7 Å². The summed E-state index contributed by atoms with van der Waals surface area (Å²) in [5.74, 6) is -0.160. The largest absolute Gasteiger partial charge is 0.330 e. The van der Waals surface area contributed by atoms with Crippen molar-refractivity contribution in [3.63, 3.8) is 0 Å². The van der Waals surface area contributed by atoms with E-state index in [1.807, 2.05) is 13.8 Å². The number of anilines is 1. The molecule has 0 bridgehead atoms. The molecule has 0 aliphatic carbocycles. The molecule has 4 rings (SSSR count). The van der Waals surface area contributed by atoms with Gasteiger partial charge in [-0.05, 0) is 55.9 Å². The molecule has 7 nitrogen and oxygen atoms in total. The number of fused-ring (bicyclic) bond motifs is 1. The first-order valence-electron chi connectivity index (χ1n) is 11.1. The van der Waals surface area contributed by atoms with Gasteiger partial charge in [0.25, 0.3) is 0 Å². The van der Waals surface area contributed by atoms with Crippen LogP contribution in [0.1, 0.15) is 51.5 Å². The molecule has 0 aromatic heterocycles. The number of amides is 2. The third-order valence-corrected chi connectivity index (χ3v) is 8.37. The van der Waals surface area contributed by atoms with Crippen molar-refractivity contribution in [3.8, 4) is 0 Å². The highest BCUT2D eigenvalue weighted by Gasteiger charge is 2.39. The second-order valence-electron chi connectivity index (χ2n) is 8.84. The lowest BCUT2D eigenvalue weighted by atomic mass is 10.1. The lowest BCUT2D eigenvalue weighted by Gasteiger charge is -2.29. The summed E-state index contributed by atoms with van der Waals surface area (Å²) in [5.41, 5.74) is 1.67. The van der Waals surface area contributed by atoms with Crippen LogP contribution in [0.15, 0.2) is 23.1 Å². The van der Waals surface area contributed by atoms with Gasteiger partial charge in [0.2, 0.25) is 21.8 Å². The smallest absolute Gasteiger partial charge is 0.249 e. The Labute approximate surface area is 179 Å². The van der Waals surface area contributed by atoms with Gasteiger partial charge in [0.1, 0.15) is 6.04 Å². The van der Waals surface area contributed by atoms with Crippen LogP contribution >= 0.6 is 0 Å². The lowest BCUT2D eigenvalue weighted by Crippen LogP contribution is -2.48. The van der Waals surface area contributed by atoms with Crippen molar-refractivity contribution in [1.82, 2.24) is 9.21 Å². The van der Waals surface area contributed by atoms with E-state index in [4.69, 9.17) is 0 Å². The molecular formula is C22H31N3O4S. The summed E-state index contributed by atoms with van der Waals surface area (Å²) in [6.07, 6.45) is 5.03. The fraction of sp³-hybridized carbons (Fsp3) is 0.636. The maximum Gasteiger partial charge on any atom is 0.249 e. The first kappa shape index (κ1) is 21.3. The Hall–Kier alpha value is -1.93. The molecule has 0 spiro atoms. The third kappa shape index (κ3) is 3.75. The SMILES string of the molecule is CC(C)C(=O)N1CCCC1C(=O)N1CCc2cc(S(=O)(=O)N3CCCCC3)ccc21. The molecule has 3 heterocycles. The number of sulfonamides is 1. The number of hydrogen-bond donors (Lipinski definition) is 0. The molecule has 8 heteroatoms. The van der Waals surface area contributed by atoms with Gasteiger partial charge in [-0.1, -0.05) is 20.3 Å². The zero-order valence-corrected chi connectivity index (χ0v) is 18.7. The van der Waals surface area contributed by atoms with Gasteiger partial charge in [0.05, 0.1) is 4.90 Å². The summed E-state index contributed by atoms with van der Waals surface area (Å²) in [6.45, 7) is 6.02. The van der Waals surface area contributed by atoms with E-state index in [1.165, 1.54) is 0 Å². The molecule has 164 valence electrons. The Balaban J connectivity index is 1.55. The Kier molecular flexibility index (Phi) is 5.90. The van der Waals surface area contributed by atoms with Gasteiger partial charge in [0.15, 0.2) is 0 Å². The molecule has 30 heavy (non-hydrogen) atoms. The van der Waals surface area contributed by atoms with Crippen LogP contribution in [0.4, 0.5) is 5.69 Å². The minimum absolute atomic E-state index is 0.0215. The van der Waals surface area contributed by atoms with Crippen LogP contribution in [0.25, 0.3) is 0 Å². The van der Waals surface area contributed by atoms with Gasteiger partial charge in [-0.25, -0.2) is 8.42 Å². The molecule has 3 aliphatic rings. The van der Waals surface area contributed by atoms with E-state index in [0.29, 0.717) is 43.9 Å². The van der Waals surface area contributed by atoms with Crippen molar-refractivity contribution in [1.29, 1.82) is 0 Å². The molecule has 0 saturated carbocycles. The number of likely N-dealkylation sites (tertiary alicyclic amines) is 1. The first-order chi connectivity index (χ1) is 14.3. The summed E-state index contributed by atoms with van der Waals surface area (Å²) >= 11 is 0. The van der Waals surface area contributed by atoms with Crippen LogP contribution in [-0.4, -0.2) is 61.7 Å². The predicted molar refractivity (Wildman–Crippen MR) is 115 cm³/mol. The maximum absolute atomic E-state index is 13.3. The molecule has 0 radical (unpaired) electrons. The highest BCUT2D eigenvalue weighted by molar-refractivity contribution is 7.89. The number of benzene rings is 1. The van der Waals surface area contributed by atoms with Gasteiger partial charge in [0, 0.05) is 37.8 Å². The number of carbonyl (C=O) groups is 2.